The largest absolute Gasteiger partial charge is 0.461 e. The van der Waals surface area contributed by atoms with Gasteiger partial charge in [0.05, 0.1) is 6.61 Å². The van der Waals surface area contributed by atoms with E-state index in [1.165, 1.54) is 25.7 Å². The van der Waals surface area contributed by atoms with Gasteiger partial charge in [0.2, 0.25) is 0 Å². The first-order valence-electron chi connectivity index (χ1n) is 7.56. The number of hydrogen-bond acceptors (Lipinski definition) is 2. The Morgan fingerprint density at radius 1 is 1.10 bits per heavy atom. The van der Waals surface area contributed by atoms with Gasteiger partial charge in [0, 0.05) is 10.9 Å². The third kappa shape index (κ3) is 4.12. The molecule has 0 radical (unpaired) electrons. The van der Waals surface area contributed by atoms with Crippen LogP contribution < -0.4 is 0 Å². The summed E-state index contributed by atoms with van der Waals surface area (Å²) in [6.45, 7) is 2.72. The van der Waals surface area contributed by atoms with Crippen LogP contribution in [0.2, 0.25) is 0 Å². The number of unbranched alkanes of at least 4 members (excludes halogenated alkanes) is 5. The highest BCUT2D eigenvalue weighted by Crippen LogP contribution is 2.15. The summed E-state index contributed by atoms with van der Waals surface area (Å²) in [4.78, 5) is 15.0. The molecular weight excluding hydrogens is 250 g/mol. The average Bonchev–Trinajstić information content (AvgIpc) is 2.90. The van der Waals surface area contributed by atoms with Gasteiger partial charge < -0.3 is 9.72 Å². The smallest absolute Gasteiger partial charge is 0.354 e. The van der Waals surface area contributed by atoms with Crippen molar-refractivity contribution in [2.45, 2.75) is 45.4 Å². The van der Waals surface area contributed by atoms with Crippen LogP contribution in [0, 0.1) is 0 Å². The standard InChI is InChI=1S/C17H23NO2/c1-2-3-4-5-6-9-12-20-17(19)16-13-14-10-7-8-11-15(14)18-16/h7-8,10-11,13,18H,2-6,9,12H2,1H3. The van der Waals surface area contributed by atoms with Crippen molar-refractivity contribution in [3.8, 4) is 0 Å². The quantitative estimate of drug-likeness (QED) is 0.560. The molecule has 0 spiro atoms. The minimum atomic E-state index is -0.255. The maximum atomic E-state index is 11.9. The molecule has 0 fully saturated rings. The van der Waals surface area contributed by atoms with E-state index in [-0.39, 0.29) is 5.97 Å². The van der Waals surface area contributed by atoms with Crippen molar-refractivity contribution in [3.05, 3.63) is 36.0 Å². The fraction of sp³-hybridized carbons (Fsp3) is 0.471. The van der Waals surface area contributed by atoms with Crippen LogP contribution in [0.15, 0.2) is 30.3 Å². The summed E-state index contributed by atoms with van der Waals surface area (Å²) in [5.41, 5.74) is 1.51. The third-order valence-corrected chi connectivity index (χ3v) is 3.48. The molecule has 0 atom stereocenters. The fourth-order valence-electron chi connectivity index (χ4n) is 2.31. The fourth-order valence-corrected chi connectivity index (χ4v) is 2.31. The Balaban J connectivity index is 1.72. The molecule has 3 nitrogen and oxygen atoms in total. The summed E-state index contributed by atoms with van der Waals surface area (Å²) in [5.74, 6) is -0.255. The normalized spacial score (nSPS) is 10.8. The Morgan fingerprint density at radius 2 is 1.85 bits per heavy atom. The molecule has 0 aliphatic rings. The number of para-hydroxylation sites is 1. The number of H-pyrrole nitrogens is 1. The van der Waals surface area contributed by atoms with Crippen molar-refractivity contribution in [2.24, 2.45) is 0 Å². The van der Waals surface area contributed by atoms with E-state index in [2.05, 4.69) is 11.9 Å². The summed E-state index contributed by atoms with van der Waals surface area (Å²) in [6.07, 6.45) is 7.17. The highest BCUT2D eigenvalue weighted by molar-refractivity contribution is 5.94. The zero-order chi connectivity index (χ0) is 14.2. The molecule has 0 unspecified atom stereocenters. The molecule has 1 aromatic carbocycles. The van der Waals surface area contributed by atoms with Crippen LogP contribution in [-0.4, -0.2) is 17.6 Å². The number of nitrogens with one attached hydrogen (secondary N) is 1. The molecule has 3 heteroatoms. The van der Waals surface area contributed by atoms with Crippen LogP contribution in [0.25, 0.3) is 10.9 Å². The number of rotatable bonds is 8. The van der Waals surface area contributed by atoms with Crippen molar-refractivity contribution in [1.82, 2.24) is 4.98 Å². The van der Waals surface area contributed by atoms with E-state index < -0.39 is 0 Å². The van der Waals surface area contributed by atoms with Gasteiger partial charge in [-0.15, -0.1) is 0 Å². The summed E-state index contributed by atoms with van der Waals surface area (Å²) >= 11 is 0. The summed E-state index contributed by atoms with van der Waals surface area (Å²) in [5, 5.41) is 1.04. The molecule has 0 saturated heterocycles. The zero-order valence-corrected chi connectivity index (χ0v) is 12.2. The van der Waals surface area contributed by atoms with Gasteiger partial charge in [0.1, 0.15) is 5.69 Å². The van der Waals surface area contributed by atoms with Gasteiger partial charge in [-0.25, -0.2) is 4.79 Å². The highest BCUT2D eigenvalue weighted by atomic mass is 16.5. The van der Waals surface area contributed by atoms with Crippen molar-refractivity contribution in [1.29, 1.82) is 0 Å². The molecule has 2 rings (SSSR count). The first-order chi connectivity index (χ1) is 9.81. The van der Waals surface area contributed by atoms with Gasteiger partial charge in [-0.05, 0) is 18.6 Å². The van der Waals surface area contributed by atoms with Crippen molar-refractivity contribution < 1.29 is 9.53 Å². The highest BCUT2D eigenvalue weighted by Gasteiger charge is 2.10. The second-order valence-electron chi connectivity index (χ2n) is 5.17. The minimum Gasteiger partial charge on any atom is -0.461 e. The van der Waals surface area contributed by atoms with E-state index >= 15 is 0 Å². The van der Waals surface area contributed by atoms with Gasteiger partial charge >= 0.3 is 5.97 Å². The minimum absolute atomic E-state index is 0.255. The van der Waals surface area contributed by atoms with E-state index in [0.717, 1.165) is 23.7 Å². The van der Waals surface area contributed by atoms with Gasteiger partial charge in [-0.3, -0.25) is 0 Å². The molecule has 2 aromatic rings. The van der Waals surface area contributed by atoms with Crippen molar-refractivity contribution in [3.63, 3.8) is 0 Å². The van der Waals surface area contributed by atoms with Gasteiger partial charge in [-0.1, -0.05) is 57.2 Å². The second-order valence-corrected chi connectivity index (χ2v) is 5.17. The van der Waals surface area contributed by atoms with Crippen molar-refractivity contribution in [2.75, 3.05) is 6.61 Å². The molecule has 0 saturated carbocycles. The predicted octanol–water partition coefficient (Wildman–Crippen LogP) is 4.69. The molecule has 0 bridgehead atoms. The molecule has 1 heterocycles. The van der Waals surface area contributed by atoms with E-state index in [4.69, 9.17) is 4.74 Å². The van der Waals surface area contributed by atoms with Crippen LogP contribution in [0.5, 0.6) is 0 Å². The third-order valence-electron chi connectivity index (χ3n) is 3.48. The monoisotopic (exact) mass is 273 g/mol. The van der Waals surface area contributed by atoms with Crippen LogP contribution in [0.4, 0.5) is 0 Å². The molecule has 1 aromatic heterocycles. The summed E-state index contributed by atoms with van der Waals surface area (Å²) in [7, 11) is 0. The number of hydrogen-bond donors (Lipinski definition) is 1. The van der Waals surface area contributed by atoms with Gasteiger partial charge in [0.15, 0.2) is 0 Å². The first kappa shape index (κ1) is 14.6. The number of fused-ring (bicyclic) bond motifs is 1. The Bertz CT molecular complexity index is 512. The Kier molecular flexibility index (Phi) is 5.66. The Hall–Kier alpha value is -1.77. The van der Waals surface area contributed by atoms with Gasteiger partial charge in [-0.2, -0.15) is 0 Å². The Labute approximate surface area is 120 Å². The molecular formula is C17H23NO2. The maximum Gasteiger partial charge on any atom is 0.354 e. The maximum absolute atomic E-state index is 11.9. The second kappa shape index (κ2) is 7.73. The Morgan fingerprint density at radius 3 is 2.65 bits per heavy atom. The number of aromatic amines is 1. The average molecular weight is 273 g/mol. The molecule has 108 valence electrons. The lowest BCUT2D eigenvalue weighted by atomic mass is 10.1. The van der Waals surface area contributed by atoms with Crippen LogP contribution in [0.3, 0.4) is 0 Å². The molecule has 0 aliphatic carbocycles. The van der Waals surface area contributed by atoms with Crippen LogP contribution >= 0.6 is 0 Å². The number of benzene rings is 1. The molecule has 1 N–H and O–H groups in total. The van der Waals surface area contributed by atoms with E-state index in [1.807, 2.05) is 30.3 Å². The molecule has 20 heavy (non-hydrogen) atoms. The lowest BCUT2D eigenvalue weighted by molar-refractivity contribution is 0.0492. The lowest BCUT2D eigenvalue weighted by Crippen LogP contribution is -2.06. The molecule has 0 amide bonds. The van der Waals surface area contributed by atoms with Crippen LogP contribution in [0.1, 0.15) is 55.9 Å². The predicted molar refractivity (Wildman–Crippen MR) is 82.0 cm³/mol. The zero-order valence-electron chi connectivity index (χ0n) is 12.2. The SMILES string of the molecule is CCCCCCCCOC(=O)c1cc2ccccc2[nH]1. The van der Waals surface area contributed by atoms with E-state index in [1.54, 1.807) is 0 Å². The van der Waals surface area contributed by atoms with E-state index in [9.17, 15) is 4.79 Å². The van der Waals surface area contributed by atoms with E-state index in [0.29, 0.717) is 12.3 Å². The number of ether oxygens (including phenoxy) is 1. The lowest BCUT2D eigenvalue weighted by Gasteiger charge is -2.03. The summed E-state index contributed by atoms with van der Waals surface area (Å²) < 4.78 is 5.29. The first-order valence-corrected chi connectivity index (χ1v) is 7.56. The van der Waals surface area contributed by atoms with Crippen LogP contribution in [-0.2, 0) is 4.74 Å². The van der Waals surface area contributed by atoms with Crippen molar-refractivity contribution >= 4 is 16.9 Å². The number of esters is 1. The topological polar surface area (TPSA) is 42.1 Å². The summed E-state index contributed by atoms with van der Waals surface area (Å²) in [6, 6.07) is 9.70. The number of carbonyl (C=O) groups excluding carboxylic acids is 1. The van der Waals surface area contributed by atoms with Gasteiger partial charge in [0.25, 0.3) is 0 Å². The number of carbonyl (C=O) groups is 1. The molecule has 0 aliphatic heterocycles. The number of aromatic nitrogens is 1.